The lowest BCUT2D eigenvalue weighted by molar-refractivity contribution is -0.141. The molecule has 7 heteroatoms. The molecule has 154 valence electrons. The van der Waals surface area contributed by atoms with Crippen LogP contribution in [0.15, 0.2) is 58.3 Å². The van der Waals surface area contributed by atoms with E-state index in [-0.39, 0.29) is 6.42 Å². The van der Waals surface area contributed by atoms with Gasteiger partial charge >= 0.3 is 11.7 Å². The molecule has 0 saturated heterocycles. The third-order valence-corrected chi connectivity index (χ3v) is 5.79. The first-order valence-electron chi connectivity index (χ1n) is 9.92. The van der Waals surface area contributed by atoms with Gasteiger partial charge < -0.3 is 10.1 Å². The molecule has 2 atom stereocenters. The van der Waals surface area contributed by atoms with Crippen molar-refractivity contribution in [2.75, 3.05) is 0 Å². The van der Waals surface area contributed by atoms with Gasteiger partial charge in [-0.05, 0) is 44.0 Å². The summed E-state index contributed by atoms with van der Waals surface area (Å²) in [6.45, 7) is 5.54. The number of hydrogen-bond acceptors (Lipinski definition) is 3. The van der Waals surface area contributed by atoms with Gasteiger partial charge in [-0.25, -0.2) is 14.2 Å². The first-order valence-corrected chi connectivity index (χ1v) is 9.92. The second-order valence-electron chi connectivity index (χ2n) is 7.52. The second kappa shape index (κ2) is 7.33. The molecule has 0 fully saturated rings. The molecule has 7 nitrogen and oxygen atoms in total. The molecule has 0 amide bonds. The summed E-state index contributed by atoms with van der Waals surface area (Å²) in [4.78, 5) is 41.6. The summed E-state index contributed by atoms with van der Waals surface area (Å²) in [5.41, 5.74) is 2.22. The highest BCUT2D eigenvalue weighted by molar-refractivity contribution is 5.87. The molecule has 0 bridgehead atoms. The number of aliphatic carboxylic acids is 1. The fraction of sp³-hybridized carbons (Fsp3) is 0.261. The number of para-hydroxylation sites is 1. The van der Waals surface area contributed by atoms with E-state index in [1.54, 1.807) is 31.2 Å². The van der Waals surface area contributed by atoms with Gasteiger partial charge in [0.15, 0.2) is 0 Å². The average Bonchev–Trinajstić information content (AvgIpc) is 3.16. The van der Waals surface area contributed by atoms with Crippen LogP contribution in [0.1, 0.15) is 43.5 Å². The second-order valence-corrected chi connectivity index (χ2v) is 7.52. The third kappa shape index (κ3) is 2.85. The molecule has 4 aromatic rings. The minimum atomic E-state index is -1.22. The van der Waals surface area contributed by atoms with Crippen molar-refractivity contribution in [3.8, 4) is 0 Å². The van der Waals surface area contributed by atoms with Crippen LogP contribution in [0.5, 0.6) is 0 Å². The van der Waals surface area contributed by atoms with Crippen LogP contribution in [0.25, 0.3) is 21.8 Å². The van der Waals surface area contributed by atoms with Crippen molar-refractivity contribution >= 4 is 27.8 Å². The molecule has 0 aliphatic heterocycles. The number of H-pyrrole nitrogens is 1. The quantitative estimate of drug-likeness (QED) is 0.530. The zero-order valence-electron chi connectivity index (χ0n) is 17.0. The fourth-order valence-corrected chi connectivity index (χ4v) is 4.28. The van der Waals surface area contributed by atoms with Crippen molar-refractivity contribution in [2.45, 2.75) is 39.3 Å². The Kier molecular flexibility index (Phi) is 4.81. The van der Waals surface area contributed by atoms with Crippen LogP contribution in [0.4, 0.5) is 0 Å². The maximum Gasteiger partial charge on any atom is 0.332 e. The molecule has 4 rings (SSSR count). The topological polar surface area (TPSA) is 97.1 Å². The molecule has 0 aliphatic carbocycles. The van der Waals surface area contributed by atoms with E-state index in [2.05, 4.69) is 4.98 Å². The highest BCUT2D eigenvalue weighted by atomic mass is 16.4. The van der Waals surface area contributed by atoms with E-state index >= 15 is 0 Å². The van der Waals surface area contributed by atoms with Crippen LogP contribution in [0.3, 0.4) is 0 Å². The first-order chi connectivity index (χ1) is 14.4. The minimum Gasteiger partial charge on any atom is -0.480 e. The van der Waals surface area contributed by atoms with Gasteiger partial charge in [0, 0.05) is 22.7 Å². The molecule has 1 unspecified atom stereocenters. The van der Waals surface area contributed by atoms with Gasteiger partial charge in [0.05, 0.1) is 16.9 Å². The van der Waals surface area contributed by atoms with Crippen molar-refractivity contribution < 1.29 is 9.90 Å². The maximum absolute atomic E-state index is 13.5. The highest BCUT2D eigenvalue weighted by Crippen LogP contribution is 2.30. The Hall–Kier alpha value is -3.61. The predicted molar refractivity (Wildman–Crippen MR) is 116 cm³/mol. The van der Waals surface area contributed by atoms with E-state index in [1.165, 1.54) is 4.57 Å². The van der Waals surface area contributed by atoms with Crippen LogP contribution in [-0.4, -0.2) is 25.2 Å². The number of carbonyl (C=O) groups is 1. The van der Waals surface area contributed by atoms with Crippen molar-refractivity contribution in [1.29, 1.82) is 0 Å². The molecular formula is C23H23N3O4. The summed E-state index contributed by atoms with van der Waals surface area (Å²) in [7, 11) is 0. The van der Waals surface area contributed by atoms with Crippen LogP contribution in [0.2, 0.25) is 0 Å². The average molecular weight is 405 g/mol. The monoisotopic (exact) mass is 405 g/mol. The lowest BCUT2D eigenvalue weighted by atomic mass is 10.0. The number of nitrogens with zero attached hydrogens (tertiary/aromatic N) is 2. The largest absolute Gasteiger partial charge is 0.480 e. The van der Waals surface area contributed by atoms with E-state index in [9.17, 15) is 19.5 Å². The molecule has 0 aliphatic rings. The summed E-state index contributed by atoms with van der Waals surface area (Å²) in [5.74, 6) is -1.20. The van der Waals surface area contributed by atoms with E-state index in [1.807, 2.05) is 38.2 Å². The van der Waals surface area contributed by atoms with Gasteiger partial charge in [0.1, 0.15) is 6.04 Å². The van der Waals surface area contributed by atoms with Crippen molar-refractivity contribution in [3.63, 3.8) is 0 Å². The summed E-state index contributed by atoms with van der Waals surface area (Å²) in [6, 6.07) is 11.1. The molecule has 2 heterocycles. The Morgan fingerprint density at radius 2 is 1.83 bits per heavy atom. The Bertz CT molecular complexity index is 1390. The maximum atomic E-state index is 13.5. The Labute approximate surface area is 172 Å². The van der Waals surface area contributed by atoms with Gasteiger partial charge in [-0.1, -0.05) is 31.2 Å². The number of carboxylic acid groups (broad SMARTS) is 1. The lowest BCUT2D eigenvalue weighted by Crippen LogP contribution is -2.45. The van der Waals surface area contributed by atoms with Crippen molar-refractivity contribution in [3.05, 3.63) is 80.6 Å². The van der Waals surface area contributed by atoms with Gasteiger partial charge in [-0.15, -0.1) is 0 Å². The summed E-state index contributed by atoms with van der Waals surface area (Å²) in [6.07, 6.45) is 2.00. The molecule has 30 heavy (non-hydrogen) atoms. The zero-order valence-corrected chi connectivity index (χ0v) is 17.0. The van der Waals surface area contributed by atoms with Gasteiger partial charge in [-0.3, -0.25) is 9.36 Å². The van der Waals surface area contributed by atoms with Crippen LogP contribution in [0, 0.1) is 6.92 Å². The standard InChI is InChI=1S/C23H23N3O4/c1-4-18(22(28)29)26-21(27)15-9-5-6-11-19(15)25(23(26)30)14(3)16-12-24-17-10-7-8-13(2)20(16)17/h5-12,14,18,24H,4H2,1-3H3,(H,28,29)/t14?,18-/m1/s1. The van der Waals surface area contributed by atoms with Crippen LogP contribution < -0.4 is 11.2 Å². The number of fused-ring (bicyclic) bond motifs is 2. The Morgan fingerprint density at radius 1 is 1.10 bits per heavy atom. The number of aromatic nitrogens is 3. The molecule has 0 spiro atoms. The van der Waals surface area contributed by atoms with Gasteiger partial charge in [0.2, 0.25) is 0 Å². The van der Waals surface area contributed by atoms with Crippen LogP contribution in [-0.2, 0) is 4.79 Å². The smallest absolute Gasteiger partial charge is 0.332 e. The van der Waals surface area contributed by atoms with Crippen LogP contribution >= 0.6 is 0 Å². The number of benzene rings is 2. The first kappa shape index (κ1) is 19.7. The van der Waals surface area contributed by atoms with E-state index in [4.69, 9.17) is 0 Å². The number of nitrogens with one attached hydrogen (secondary N) is 1. The number of rotatable bonds is 5. The van der Waals surface area contributed by atoms with E-state index in [0.29, 0.717) is 10.9 Å². The number of aryl methyl sites for hydroxylation is 1. The highest BCUT2D eigenvalue weighted by Gasteiger charge is 2.27. The summed E-state index contributed by atoms with van der Waals surface area (Å²) < 4.78 is 2.40. The molecule has 2 aromatic heterocycles. The SMILES string of the molecule is CC[C@H](C(=O)O)n1c(=O)c2ccccc2n(C(C)c2c[nH]c3cccc(C)c23)c1=O. The number of carboxylic acids is 1. The normalized spacial score (nSPS) is 13.6. The zero-order chi connectivity index (χ0) is 21.6. The molecule has 0 saturated carbocycles. The van der Waals surface area contributed by atoms with E-state index < -0.39 is 29.3 Å². The van der Waals surface area contributed by atoms with Gasteiger partial charge in [0.25, 0.3) is 5.56 Å². The van der Waals surface area contributed by atoms with Crippen molar-refractivity contribution in [1.82, 2.24) is 14.1 Å². The summed E-state index contributed by atoms with van der Waals surface area (Å²) in [5, 5.41) is 11.0. The molecular weight excluding hydrogens is 382 g/mol. The molecule has 0 radical (unpaired) electrons. The summed E-state index contributed by atoms with van der Waals surface area (Å²) >= 11 is 0. The molecule has 2 aromatic carbocycles. The fourth-order valence-electron chi connectivity index (χ4n) is 4.28. The van der Waals surface area contributed by atoms with E-state index in [0.717, 1.165) is 26.6 Å². The minimum absolute atomic E-state index is 0.128. The Morgan fingerprint density at radius 3 is 2.53 bits per heavy atom. The lowest BCUT2D eigenvalue weighted by Gasteiger charge is -2.22. The van der Waals surface area contributed by atoms with Crippen molar-refractivity contribution in [2.24, 2.45) is 0 Å². The third-order valence-electron chi connectivity index (χ3n) is 5.79. The predicted octanol–water partition coefficient (Wildman–Crippen LogP) is 3.60. The number of hydrogen-bond donors (Lipinski definition) is 2. The Balaban J connectivity index is 2.09. The van der Waals surface area contributed by atoms with Gasteiger partial charge in [-0.2, -0.15) is 0 Å². The number of aromatic amines is 1. The molecule has 2 N–H and O–H groups in total.